The van der Waals surface area contributed by atoms with Gasteiger partial charge in [0.2, 0.25) is 0 Å². The SMILES string of the molecule is CN1CCCC1c1ncc(CC(=O)O)s1. The molecule has 0 aromatic carbocycles. The monoisotopic (exact) mass is 226 g/mol. The van der Waals surface area contributed by atoms with E-state index in [-0.39, 0.29) is 6.42 Å². The Bertz CT molecular complexity index is 364. The molecule has 1 unspecified atom stereocenters. The minimum Gasteiger partial charge on any atom is -0.481 e. The summed E-state index contributed by atoms with van der Waals surface area (Å²) in [6.07, 6.45) is 4.12. The van der Waals surface area contributed by atoms with E-state index < -0.39 is 5.97 Å². The summed E-state index contributed by atoms with van der Waals surface area (Å²) in [6, 6.07) is 0.401. The second-order valence-electron chi connectivity index (χ2n) is 3.87. The number of aliphatic carboxylic acids is 1. The van der Waals surface area contributed by atoms with E-state index in [1.165, 1.54) is 17.8 Å². The molecular weight excluding hydrogens is 212 g/mol. The number of aromatic nitrogens is 1. The van der Waals surface area contributed by atoms with Crippen molar-refractivity contribution in [3.05, 3.63) is 16.1 Å². The molecule has 1 aliphatic heterocycles. The summed E-state index contributed by atoms with van der Waals surface area (Å²) in [5, 5.41) is 9.72. The molecule has 82 valence electrons. The van der Waals surface area contributed by atoms with Crippen LogP contribution in [0.3, 0.4) is 0 Å². The number of hydrogen-bond donors (Lipinski definition) is 1. The van der Waals surface area contributed by atoms with Gasteiger partial charge in [-0.05, 0) is 26.4 Å². The highest BCUT2D eigenvalue weighted by molar-refractivity contribution is 7.11. The molecule has 0 saturated carbocycles. The van der Waals surface area contributed by atoms with Crippen LogP contribution in [0, 0.1) is 0 Å². The first kappa shape index (κ1) is 10.6. The maximum atomic E-state index is 10.5. The topological polar surface area (TPSA) is 53.4 Å². The molecule has 0 radical (unpaired) electrons. The predicted octanol–water partition coefficient (Wildman–Crippen LogP) is 1.54. The van der Waals surface area contributed by atoms with Crippen molar-refractivity contribution in [1.82, 2.24) is 9.88 Å². The molecule has 15 heavy (non-hydrogen) atoms. The van der Waals surface area contributed by atoms with Crippen molar-refractivity contribution in [3.63, 3.8) is 0 Å². The fourth-order valence-electron chi connectivity index (χ4n) is 1.93. The van der Waals surface area contributed by atoms with Crippen LogP contribution in [-0.4, -0.2) is 34.6 Å². The molecule has 1 aromatic rings. The summed E-state index contributed by atoms with van der Waals surface area (Å²) in [7, 11) is 2.09. The highest BCUT2D eigenvalue weighted by atomic mass is 32.1. The van der Waals surface area contributed by atoms with Gasteiger partial charge in [-0.15, -0.1) is 11.3 Å². The lowest BCUT2D eigenvalue weighted by atomic mass is 10.2. The summed E-state index contributed by atoms with van der Waals surface area (Å²) in [6.45, 7) is 1.11. The molecule has 4 nitrogen and oxygen atoms in total. The van der Waals surface area contributed by atoms with Crippen LogP contribution in [0.2, 0.25) is 0 Å². The van der Waals surface area contributed by atoms with Gasteiger partial charge in [0.15, 0.2) is 0 Å². The Labute approximate surface area is 92.6 Å². The molecule has 0 spiro atoms. The first-order chi connectivity index (χ1) is 7.16. The molecule has 1 aliphatic rings. The van der Waals surface area contributed by atoms with Gasteiger partial charge in [0.05, 0.1) is 12.5 Å². The van der Waals surface area contributed by atoms with E-state index in [0.717, 1.165) is 22.9 Å². The van der Waals surface area contributed by atoms with Crippen LogP contribution in [0.15, 0.2) is 6.20 Å². The average Bonchev–Trinajstić information content (AvgIpc) is 2.72. The van der Waals surface area contributed by atoms with E-state index in [2.05, 4.69) is 16.9 Å². The number of hydrogen-bond acceptors (Lipinski definition) is 4. The van der Waals surface area contributed by atoms with Gasteiger partial charge in [-0.1, -0.05) is 0 Å². The Morgan fingerprint density at radius 3 is 3.20 bits per heavy atom. The molecule has 1 fully saturated rings. The summed E-state index contributed by atoms with van der Waals surface area (Å²) in [5.41, 5.74) is 0. The van der Waals surface area contributed by atoms with Crippen molar-refractivity contribution in [2.24, 2.45) is 0 Å². The van der Waals surface area contributed by atoms with Crippen LogP contribution >= 0.6 is 11.3 Å². The van der Waals surface area contributed by atoms with E-state index >= 15 is 0 Å². The summed E-state index contributed by atoms with van der Waals surface area (Å²) in [4.78, 5) is 18.0. The Morgan fingerprint density at radius 1 is 1.80 bits per heavy atom. The van der Waals surface area contributed by atoms with Crippen molar-refractivity contribution in [2.75, 3.05) is 13.6 Å². The van der Waals surface area contributed by atoms with E-state index in [1.54, 1.807) is 6.20 Å². The summed E-state index contributed by atoms with van der Waals surface area (Å²) < 4.78 is 0. The zero-order chi connectivity index (χ0) is 10.8. The fourth-order valence-corrected chi connectivity index (χ4v) is 3.04. The van der Waals surface area contributed by atoms with Gasteiger partial charge in [0.25, 0.3) is 0 Å². The number of carboxylic acid groups (broad SMARTS) is 1. The minimum absolute atomic E-state index is 0.0914. The Morgan fingerprint density at radius 2 is 2.60 bits per heavy atom. The van der Waals surface area contributed by atoms with E-state index in [1.807, 2.05) is 0 Å². The lowest BCUT2D eigenvalue weighted by molar-refractivity contribution is -0.136. The molecule has 1 aromatic heterocycles. The van der Waals surface area contributed by atoms with Gasteiger partial charge in [-0.2, -0.15) is 0 Å². The number of rotatable bonds is 3. The first-order valence-electron chi connectivity index (χ1n) is 5.03. The van der Waals surface area contributed by atoms with Gasteiger partial charge in [-0.3, -0.25) is 9.69 Å². The molecule has 1 N–H and O–H groups in total. The van der Waals surface area contributed by atoms with Gasteiger partial charge in [0, 0.05) is 11.1 Å². The highest BCUT2D eigenvalue weighted by Gasteiger charge is 2.25. The highest BCUT2D eigenvalue weighted by Crippen LogP contribution is 2.32. The third-order valence-electron chi connectivity index (χ3n) is 2.70. The van der Waals surface area contributed by atoms with Crippen molar-refractivity contribution in [2.45, 2.75) is 25.3 Å². The number of likely N-dealkylation sites (tertiary alicyclic amines) is 1. The molecule has 2 heterocycles. The maximum Gasteiger partial charge on any atom is 0.308 e. The zero-order valence-corrected chi connectivity index (χ0v) is 9.46. The van der Waals surface area contributed by atoms with Gasteiger partial charge >= 0.3 is 5.97 Å². The van der Waals surface area contributed by atoms with Crippen LogP contribution in [0.5, 0.6) is 0 Å². The maximum absolute atomic E-state index is 10.5. The smallest absolute Gasteiger partial charge is 0.308 e. The van der Waals surface area contributed by atoms with Gasteiger partial charge in [-0.25, -0.2) is 4.98 Å². The molecule has 2 rings (SSSR count). The van der Waals surface area contributed by atoms with Crippen LogP contribution < -0.4 is 0 Å². The lowest BCUT2D eigenvalue weighted by Crippen LogP contribution is -2.17. The van der Waals surface area contributed by atoms with Crippen LogP contribution in [0.4, 0.5) is 0 Å². The molecule has 1 atom stereocenters. The molecule has 0 aliphatic carbocycles. The average molecular weight is 226 g/mol. The molecule has 1 saturated heterocycles. The number of carbonyl (C=O) groups is 1. The van der Waals surface area contributed by atoms with E-state index in [9.17, 15) is 4.79 Å². The Kier molecular flexibility index (Phi) is 3.02. The van der Waals surface area contributed by atoms with Crippen LogP contribution in [-0.2, 0) is 11.2 Å². The lowest BCUT2D eigenvalue weighted by Gasteiger charge is -2.16. The molecule has 5 heteroatoms. The zero-order valence-electron chi connectivity index (χ0n) is 8.64. The van der Waals surface area contributed by atoms with Crippen LogP contribution in [0.25, 0.3) is 0 Å². The quantitative estimate of drug-likeness (QED) is 0.849. The van der Waals surface area contributed by atoms with Gasteiger partial charge in [0.1, 0.15) is 5.01 Å². The second kappa shape index (κ2) is 4.28. The van der Waals surface area contributed by atoms with Crippen molar-refractivity contribution in [3.8, 4) is 0 Å². The molecular formula is C10H14N2O2S. The number of nitrogens with zero attached hydrogens (tertiary/aromatic N) is 2. The minimum atomic E-state index is -0.787. The Balaban J connectivity index is 2.09. The number of carboxylic acids is 1. The normalized spacial score (nSPS) is 22.1. The van der Waals surface area contributed by atoms with Gasteiger partial charge < -0.3 is 5.11 Å². The van der Waals surface area contributed by atoms with Crippen molar-refractivity contribution >= 4 is 17.3 Å². The fraction of sp³-hybridized carbons (Fsp3) is 0.600. The summed E-state index contributed by atoms with van der Waals surface area (Å²) >= 11 is 1.53. The van der Waals surface area contributed by atoms with Crippen LogP contribution in [0.1, 0.15) is 28.8 Å². The Hall–Kier alpha value is -0.940. The number of thiazole rings is 1. The third-order valence-corrected chi connectivity index (χ3v) is 3.80. The van der Waals surface area contributed by atoms with Crippen molar-refractivity contribution < 1.29 is 9.90 Å². The predicted molar refractivity (Wildman–Crippen MR) is 58.1 cm³/mol. The third kappa shape index (κ3) is 2.35. The standard InChI is InChI=1S/C10H14N2O2S/c1-12-4-2-3-8(12)10-11-6-7(15-10)5-9(13)14/h6,8H,2-5H2,1H3,(H,13,14). The van der Waals surface area contributed by atoms with Crippen molar-refractivity contribution in [1.29, 1.82) is 0 Å². The summed E-state index contributed by atoms with van der Waals surface area (Å²) in [5.74, 6) is -0.787. The van der Waals surface area contributed by atoms with E-state index in [4.69, 9.17) is 5.11 Å². The molecule has 0 bridgehead atoms. The first-order valence-corrected chi connectivity index (χ1v) is 5.85. The molecule has 0 amide bonds. The largest absolute Gasteiger partial charge is 0.481 e. The van der Waals surface area contributed by atoms with E-state index in [0.29, 0.717) is 6.04 Å². The second-order valence-corrected chi connectivity index (χ2v) is 5.02.